The number of benzene rings is 1. The Morgan fingerprint density at radius 1 is 1.24 bits per heavy atom. The summed E-state index contributed by atoms with van der Waals surface area (Å²) in [6, 6.07) is 5.99. The average Bonchev–Trinajstić information content (AvgIpc) is 2.40. The first-order valence-electron chi connectivity index (χ1n) is 6.25. The fourth-order valence-electron chi connectivity index (χ4n) is 2.52. The molecule has 2 rings (SSSR count). The molecule has 1 aliphatic heterocycles. The molecule has 0 radical (unpaired) electrons. The van der Waals surface area contributed by atoms with Gasteiger partial charge in [0, 0.05) is 5.56 Å². The zero-order valence-corrected chi connectivity index (χ0v) is 10.7. The van der Waals surface area contributed by atoms with Crippen LogP contribution in [0.4, 0.5) is 0 Å². The first kappa shape index (κ1) is 12.2. The second-order valence-corrected chi connectivity index (χ2v) is 4.56. The highest BCUT2D eigenvalue weighted by molar-refractivity contribution is 5.45. The molecular weight excluding hydrogens is 214 g/mol. The number of piperidine rings is 1. The zero-order chi connectivity index (χ0) is 12.1. The van der Waals surface area contributed by atoms with Gasteiger partial charge in [0.1, 0.15) is 11.5 Å². The lowest BCUT2D eigenvalue weighted by Gasteiger charge is -2.24. The van der Waals surface area contributed by atoms with Crippen LogP contribution in [0.15, 0.2) is 18.2 Å². The summed E-state index contributed by atoms with van der Waals surface area (Å²) in [5, 5.41) is 3.45. The molecule has 1 fully saturated rings. The van der Waals surface area contributed by atoms with Crippen LogP contribution in [-0.4, -0.2) is 27.3 Å². The highest BCUT2D eigenvalue weighted by Gasteiger charge is 2.18. The largest absolute Gasteiger partial charge is 0.496 e. The molecule has 0 aliphatic carbocycles. The molecule has 0 spiro atoms. The fourth-order valence-corrected chi connectivity index (χ4v) is 2.52. The highest BCUT2D eigenvalue weighted by Crippen LogP contribution is 2.31. The first-order valence-corrected chi connectivity index (χ1v) is 6.25. The monoisotopic (exact) mass is 235 g/mol. The molecular formula is C14H21NO2. The quantitative estimate of drug-likeness (QED) is 0.868. The van der Waals surface area contributed by atoms with Crippen LogP contribution >= 0.6 is 0 Å². The summed E-state index contributed by atoms with van der Waals surface area (Å²) in [6.45, 7) is 2.25. The van der Waals surface area contributed by atoms with Crippen molar-refractivity contribution < 1.29 is 9.47 Å². The molecule has 3 heteroatoms. The molecule has 1 aliphatic rings. The summed E-state index contributed by atoms with van der Waals surface area (Å²) < 4.78 is 10.9. The molecule has 1 saturated heterocycles. The number of hydrogen-bond acceptors (Lipinski definition) is 3. The van der Waals surface area contributed by atoms with Gasteiger partial charge in [0.2, 0.25) is 0 Å². The van der Waals surface area contributed by atoms with Crippen molar-refractivity contribution >= 4 is 0 Å². The minimum absolute atomic E-state index is 0.689. The van der Waals surface area contributed by atoms with Crippen LogP contribution < -0.4 is 14.8 Å². The Morgan fingerprint density at radius 2 is 1.94 bits per heavy atom. The summed E-state index contributed by atoms with van der Waals surface area (Å²) in [7, 11) is 3.44. The van der Waals surface area contributed by atoms with Crippen LogP contribution in [-0.2, 0) is 6.42 Å². The zero-order valence-electron chi connectivity index (χ0n) is 10.7. The lowest BCUT2D eigenvalue weighted by Crippen LogP contribution is -2.31. The van der Waals surface area contributed by atoms with Crippen molar-refractivity contribution in [3.05, 3.63) is 23.8 Å². The molecule has 1 heterocycles. The van der Waals surface area contributed by atoms with Crippen LogP contribution in [0.1, 0.15) is 18.4 Å². The molecule has 1 unspecified atom stereocenters. The number of hydrogen-bond donors (Lipinski definition) is 1. The third-order valence-corrected chi connectivity index (χ3v) is 3.42. The van der Waals surface area contributed by atoms with Gasteiger partial charge in [-0.3, -0.25) is 0 Å². The Kier molecular flexibility index (Phi) is 4.26. The van der Waals surface area contributed by atoms with Gasteiger partial charge in [-0.15, -0.1) is 0 Å². The molecule has 0 aromatic heterocycles. The molecule has 0 saturated carbocycles. The Labute approximate surface area is 103 Å². The molecule has 1 N–H and O–H groups in total. The predicted molar refractivity (Wildman–Crippen MR) is 68.8 cm³/mol. The van der Waals surface area contributed by atoms with Gasteiger partial charge in [-0.1, -0.05) is 6.07 Å². The van der Waals surface area contributed by atoms with Crippen LogP contribution in [0.2, 0.25) is 0 Å². The maximum Gasteiger partial charge on any atom is 0.125 e. The summed E-state index contributed by atoms with van der Waals surface area (Å²) in [4.78, 5) is 0. The molecule has 0 amide bonds. The van der Waals surface area contributed by atoms with Gasteiger partial charge in [-0.25, -0.2) is 0 Å². The SMILES string of the molecule is COc1cccc(OC)c1CC1CCCNC1. The number of methoxy groups -OCH3 is 2. The Morgan fingerprint density at radius 3 is 2.47 bits per heavy atom. The minimum Gasteiger partial charge on any atom is -0.496 e. The van der Waals surface area contributed by atoms with Crippen molar-refractivity contribution in [1.82, 2.24) is 5.32 Å². The summed E-state index contributed by atoms with van der Waals surface area (Å²) in [5.74, 6) is 2.57. The topological polar surface area (TPSA) is 30.5 Å². The summed E-state index contributed by atoms with van der Waals surface area (Å²) in [5.41, 5.74) is 1.20. The van der Waals surface area contributed by atoms with E-state index in [0.717, 1.165) is 31.0 Å². The van der Waals surface area contributed by atoms with Crippen LogP contribution in [0.3, 0.4) is 0 Å². The highest BCUT2D eigenvalue weighted by atomic mass is 16.5. The van der Waals surface area contributed by atoms with E-state index in [-0.39, 0.29) is 0 Å². The van der Waals surface area contributed by atoms with Gasteiger partial charge in [0.15, 0.2) is 0 Å². The van der Waals surface area contributed by atoms with Crippen LogP contribution in [0.5, 0.6) is 11.5 Å². The molecule has 3 nitrogen and oxygen atoms in total. The van der Waals surface area contributed by atoms with Gasteiger partial charge < -0.3 is 14.8 Å². The fraction of sp³-hybridized carbons (Fsp3) is 0.571. The van der Waals surface area contributed by atoms with Gasteiger partial charge in [-0.2, -0.15) is 0 Å². The van der Waals surface area contributed by atoms with E-state index < -0.39 is 0 Å². The molecule has 0 bridgehead atoms. The van der Waals surface area contributed by atoms with Crippen LogP contribution in [0, 0.1) is 5.92 Å². The summed E-state index contributed by atoms with van der Waals surface area (Å²) >= 11 is 0. The average molecular weight is 235 g/mol. The number of ether oxygens (including phenoxy) is 2. The molecule has 1 aromatic rings. The molecule has 17 heavy (non-hydrogen) atoms. The lowest BCUT2D eigenvalue weighted by atomic mass is 9.91. The van der Waals surface area contributed by atoms with Crippen molar-refractivity contribution in [2.24, 2.45) is 5.92 Å². The van der Waals surface area contributed by atoms with E-state index in [1.807, 2.05) is 18.2 Å². The number of nitrogens with one attached hydrogen (secondary N) is 1. The normalized spacial score (nSPS) is 20.0. The standard InChI is InChI=1S/C14H21NO2/c1-16-13-6-3-7-14(17-2)12(13)9-11-5-4-8-15-10-11/h3,6-7,11,15H,4-5,8-10H2,1-2H3. The summed E-state index contributed by atoms with van der Waals surface area (Å²) in [6.07, 6.45) is 3.58. The van der Waals surface area contributed by atoms with Crippen molar-refractivity contribution in [2.75, 3.05) is 27.3 Å². The lowest BCUT2D eigenvalue weighted by molar-refractivity contribution is 0.349. The first-order chi connectivity index (χ1) is 8.35. The van der Waals surface area contributed by atoms with Gasteiger partial charge in [0.05, 0.1) is 14.2 Å². The van der Waals surface area contributed by atoms with E-state index in [0.29, 0.717) is 5.92 Å². The van der Waals surface area contributed by atoms with E-state index >= 15 is 0 Å². The maximum atomic E-state index is 5.43. The van der Waals surface area contributed by atoms with E-state index in [4.69, 9.17) is 9.47 Å². The maximum absolute atomic E-state index is 5.43. The molecule has 1 atom stereocenters. The van der Waals surface area contributed by atoms with Crippen molar-refractivity contribution in [3.8, 4) is 11.5 Å². The third-order valence-electron chi connectivity index (χ3n) is 3.42. The third kappa shape index (κ3) is 2.91. The van der Waals surface area contributed by atoms with E-state index in [9.17, 15) is 0 Å². The predicted octanol–water partition coefficient (Wildman–Crippen LogP) is 2.25. The van der Waals surface area contributed by atoms with Crippen molar-refractivity contribution in [3.63, 3.8) is 0 Å². The molecule has 94 valence electrons. The van der Waals surface area contributed by atoms with E-state index in [2.05, 4.69) is 5.32 Å². The van der Waals surface area contributed by atoms with Crippen LogP contribution in [0.25, 0.3) is 0 Å². The van der Waals surface area contributed by atoms with Gasteiger partial charge in [-0.05, 0) is 50.4 Å². The van der Waals surface area contributed by atoms with Gasteiger partial charge >= 0.3 is 0 Å². The van der Waals surface area contributed by atoms with E-state index in [1.54, 1.807) is 14.2 Å². The second-order valence-electron chi connectivity index (χ2n) is 4.56. The van der Waals surface area contributed by atoms with Crippen molar-refractivity contribution in [2.45, 2.75) is 19.3 Å². The Hall–Kier alpha value is -1.22. The molecule has 1 aromatic carbocycles. The second kappa shape index (κ2) is 5.92. The Balaban J connectivity index is 2.16. The number of rotatable bonds is 4. The van der Waals surface area contributed by atoms with Gasteiger partial charge in [0.25, 0.3) is 0 Å². The smallest absolute Gasteiger partial charge is 0.125 e. The Bertz CT molecular complexity index is 337. The van der Waals surface area contributed by atoms with Crippen molar-refractivity contribution in [1.29, 1.82) is 0 Å². The minimum atomic E-state index is 0.689. The van der Waals surface area contributed by atoms with E-state index in [1.165, 1.54) is 18.4 Å².